The molecule has 1 heterocycles. The molecule has 30 heavy (non-hydrogen) atoms. The van der Waals surface area contributed by atoms with Crippen molar-refractivity contribution >= 4 is 17.7 Å². The Morgan fingerprint density at radius 2 is 1.50 bits per heavy atom. The Bertz CT molecular complexity index is 987. The summed E-state index contributed by atoms with van der Waals surface area (Å²) in [5, 5.41) is 12.3. The molecule has 0 unspecified atom stereocenters. The minimum absolute atomic E-state index is 0.0101. The van der Waals surface area contributed by atoms with Gasteiger partial charge in [0, 0.05) is 17.2 Å². The molecular weight excluding hydrogens is 392 g/mol. The van der Waals surface area contributed by atoms with Crippen LogP contribution in [0.2, 0.25) is 0 Å². The molecule has 1 aromatic heterocycles. The lowest BCUT2D eigenvalue weighted by Crippen LogP contribution is -2.33. The van der Waals surface area contributed by atoms with Gasteiger partial charge in [-0.3, -0.25) is 4.79 Å². The van der Waals surface area contributed by atoms with Crippen LogP contribution in [0.15, 0.2) is 53.7 Å². The molecule has 0 spiro atoms. The molecule has 3 aromatic rings. The highest BCUT2D eigenvalue weighted by molar-refractivity contribution is 7.99. The predicted octanol–water partition coefficient (Wildman–Crippen LogP) is 5.22. The van der Waals surface area contributed by atoms with Crippen LogP contribution in [0.5, 0.6) is 0 Å². The first-order valence-electron chi connectivity index (χ1n) is 10.3. The summed E-state index contributed by atoms with van der Waals surface area (Å²) in [6.45, 7) is 8.25. The number of amides is 1. The van der Waals surface area contributed by atoms with Gasteiger partial charge >= 0.3 is 0 Å². The first-order chi connectivity index (χ1) is 14.5. The molecule has 0 bridgehead atoms. The summed E-state index contributed by atoms with van der Waals surface area (Å²) in [4.78, 5) is 17.0. The van der Waals surface area contributed by atoms with Crippen molar-refractivity contribution in [2.75, 3.05) is 5.75 Å². The maximum Gasteiger partial charge on any atom is 0.230 e. The predicted molar refractivity (Wildman–Crippen MR) is 123 cm³/mol. The van der Waals surface area contributed by atoms with Gasteiger partial charge in [-0.2, -0.15) is 0 Å². The molecule has 0 aliphatic carbocycles. The van der Waals surface area contributed by atoms with Gasteiger partial charge in [0.1, 0.15) is 11.4 Å². The molecule has 0 saturated carbocycles. The molecule has 1 N–H and O–H groups in total. The van der Waals surface area contributed by atoms with E-state index in [9.17, 15) is 4.79 Å². The third-order valence-electron chi connectivity index (χ3n) is 4.78. The van der Waals surface area contributed by atoms with Crippen LogP contribution in [0.3, 0.4) is 0 Å². The summed E-state index contributed by atoms with van der Waals surface area (Å²) < 4.78 is 0. The Balaban J connectivity index is 1.86. The summed E-state index contributed by atoms with van der Waals surface area (Å²) in [5.41, 5.74) is 5.84. The largest absolute Gasteiger partial charge is 0.353 e. The van der Waals surface area contributed by atoms with E-state index in [0.717, 1.165) is 35.4 Å². The van der Waals surface area contributed by atoms with E-state index in [2.05, 4.69) is 60.6 Å². The monoisotopic (exact) mass is 420 g/mol. The Hall–Kier alpha value is -2.73. The number of hydrogen-bond acceptors (Lipinski definition) is 5. The first kappa shape index (κ1) is 22.0. The SMILES string of the molecule is CCC[C@H](C)NC(=O)CSc1nnc(-c2ccc(C)cc2)c(-c2ccc(C)cc2)n1. The molecule has 0 fully saturated rings. The van der Waals surface area contributed by atoms with Gasteiger partial charge in [0.15, 0.2) is 0 Å². The Morgan fingerprint density at radius 3 is 2.07 bits per heavy atom. The summed E-state index contributed by atoms with van der Waals surface area (Å²) >= 11 is 1.31. The fourth-order valence-corrected chi connectivity index (χ4v) is 3.74. The molecule has 0 radical (unpaired) electrons. The number of carbonyl (C=O) groups is 1. The third-order valence-corrected chi connectivity index (χ3v) is 5.62. The van der Waals surface area contributed by atoms with E-state index in [4.69, 9.17) is 4.98 Å². The van der Waals surface area contributed by atoms with Crippen LogP contribution in [-0.4, -0.2) is 32.9 Å². The van der Waals surface area contributed by atoms with Gasteiger partial charge in [0.05, 0.1) is 5.75 Å². The van der Waals surface area contributed by atoms with Crippen molar-refractivity contribution in [3.63, 3.8) is 0 Å². The van der Waals surface area contributed by atoms with Crippen molar-refractivity contribution in [1.82, 2.24) is 20.5 Å². The third kappa shape index (κ3) is 5.89. The Morgan fingerprint density at radius 1 is 0.933 bits per heavy atom. The highest BCUT2D eigenvalue weighted by atomic mass is 32.2. The van der Waals surface area contributed by atoms with Gasteiger partial charge in [-0.15, -0.1) is 10.2 Å². The molecule has 156 valence electrons. The highest BCUT2D eigenvalue weighted by Gasteiger charge is 2.15. The van der Waals surface area contributed by atoms with Crippen LogP contribution in [0.4, 0.5) is 0 Å². The summed E-state index contributed by atoms with van der Waals surface area (Å²) in [7, 11) is 0. The minimum atomic E-state index is -0.0101. The van der Waals surface area contributed by atoms with Crippen LogP contribution < -0.4 is 5.32 Å². The van der Waals surface area contributed by atoms with Gasteiger partial charge < -0.3 is 5.32 Å². The second kappa shape index (κ2) is 10.3. The number of benzene rings is 2. The van der Waals surface area contributed by atoms with Crippen LogP contribution in [-0.2, 0) is 4.79 Å². The van der Waals surface area contributed by atoms with E-state index in [1.54, 1.807) is 0 Å². The van der Waals surface area contributed by atoms with Gasteiger partial charge in [-0.25, -0.2) is 4.98 Å². The lowest BCUT2D eigenvalue weighted by molar-refractivity contribution is -0.119. The minimum Gasteiger partial charge on any atom is -0.353 e. The van der Waals surface area contributed by atoms with Crippen LogP contribution >= 0.6 is 11.8 Å². The van der Waals surface area contributed by atoms with E-state index in [0.29, 0.717) is 5.16 Å². The van der Waals surface area contributed by atoms with Crippen molar-refractivity contribution in [2.24, 2.45) is 0 Å². The highest BCUT2D eigenvalue weighted by Crippen LogP contribution is 2.30. The number of nitrogens with zero attached hydrogens (tertiary/aromatic N) is 3. The fraction of sp³-hybridized carbons (Fsp3) is 0.333. The second-order valence-electron chi connectivity index (χ2n) is 7.57. The average Bonchev–Trinajstić information content (AvgIpc) is 2.73. The topological polar surface area (TPSA) is 67.8 Å². The first-order valence-corrected chi connectivity index (χ1v) is 11.3. The fourth-order valence-electron chi connectivity index (χ4n) is 3.14. The summed E-state index contributed by atoms with van der Waals surface area (Å²) in [6.07, 6.45) is 2.01. The summed E-state index contributed by atoms with van der Waals surface area (Å²) in [5.74, 6) is 0.261. The molecule has 0 saturated heterocycles. The number of rotatable bonds is 8. The summed E-state index contributed by atoms with van der Waals surface area (Å²) in [6, 6.07) is 16.6. The molecule has 3 rings (SSSR count). The number of nitrogens with one attached hydrogen (secondary N) is 1. The van der Waals surface area contributed by atoms with Crippen molar-refractivity contribution in [1.29, 1.82) is 0 Å². The quantitative estimate of drug-likeness (QED) is 0.506. The zero-order valence-corrected chi connectivity index (χ0v) is 18.8. The lowest BCUT2D eigenvalue weighted by Gasteiger charge is -2.12. The van der Waals surface area contributed by atoms with Crippen LogP contribution in [0.25, 0.3) is 22.5 Å². The molecule has 1 amide bonds. The lowest BCUT2D eigenvalue weighted by atomic mass is 10.0. The van der Waals surface area contributed by atoms with Gasteiger partial charge in [0.2, 0.25) is 11.1 Å². The number of aromatic nitrogens is 3. The zero-order chi connectivity index (χ0) is 21.5. The van der Waals surface area contributed by atoms with E-state index in [1.165, 1.54) is 22.9 Å². The molecule has 0 aliphatic rings. The number of thioether (sulfide) groups is 1. The standard InChI is InChI=1S/C24H28N4OS/c1-5-6-18(4)25-21(29)15-30-24-26-22(19-11-7-16(2)8-12-19)23(27-28-24)20-13-9-17(3)10-14-20/h7-14,18H,5-6,15H2,1-4H3,(H,25,29)/t18-/m0/s1. The Labute approximate surface area is 182 Å². The van der Waals surface area contributed by atoms with Gasteiger partial charge in [-0.1, -0.05) is 84.8 Å². The maximum absolute atomic E-state index is 12.2. The molecule has 1 atom stereocenters. The van der Waals surface area contributed by atoms with Crippen LogP contribution in [0.1, 0.15) is 37.8 Å². The van der Waals surface area contributed by atoms with Crippen molar-refractivity contribution in [3.8, 4) is 22.5 Å². The van der Waals surface area contributed by atoms with Gasteiger partial charge in [0.25, 0.3) is 0 Å². The zero-order valence-electron chi connectivity index (χ0n) is 18.0. The molecule has 5 nitrogen and oxygen atoms in total. The average molecular weight is 421 g/mol. The van der Waals surface area contributed by atoms with Gasteiger partial charge in [-0.05, 0) is 27.2 Å². The maximum atomic E-state index is 12.2. The van der Waals surface area contributed by atoms with Crippen molar-refractivity contribution in [2.45, 2.75) is 51.7 Å². The number of carbonyl (C=O) groups excluding carboxylic acids is 1. The number of hydrogen-bond donors (Lipinski definition) is 1. The number of aryl methyl sites for hydroxylation is 2. The van der Waals surface area contributed by atoms with Crippen molar-refractivity contribution in [3.05, 3.63) is 59.7 Å². The second-order valence-corrected chi connectivity index (χ2v) is 8.51. The smallest absolute Gasteiger partial charge is 0.230 e. The molecule has 0 aliphatic heterocycles. The van der Waals surface area contributed by atoms with E-state index in [1.807, 2.05) is 31.2 Å². The van der Waals surface area contributed by atoms with Crippen molar-refractivity contribution < 1.29 is 4.79 Å². The molecule has 6 heteroatoms. The van der Waals surface area contributed by atoms with E-state index < -0.39 is 0 Å². The van der Waals surface area contributed by atoms with E-state index >= 15 is 0 Å². The normalized spacial score (nSPS) is 11.9. The molecule has 2 aromatic carbocycles. The Kier molecular flexibility index (Phi) is 7.57. The van der Waals surface area contributed by atoms with Crippen LogP contribution in [0, 0.1) is 13.8 Å². The molecular formula is C24H28N4OS. The van der Waals surface area contributed by atoms with E-state index in [-0.39, 0.29) is 17.7 Å².